The molecular weight excluding hydrogens is 264 g/mol. The van der Waals surface area contributed by atoms with Crippen molar-refractivity contribution in [2.45, 2.75) is 26.8 Å². The quantitative estimate of drug-likeness (QED) is 0.724. The first-order valence-corrected chi connectivity index (χ1v) is 7.68. The second kappa shape index (κ2) is 5.25. The summed E-state index contributed by atoms with van der Waals surface area (Å²) < 4.78 is 1.22. The number of anilines is 1. The molecule has 0 saturated carbocycles. The van der Waals surface area contributed by atoms with E-state index in [0.717, 1.165) is 11.2 Å². The molecule has 2 nitrogen and oxygen atoms in total. The number of thiazole rings is 1. The largest absolute Gasteiger partial charge is 0.378 e. The summed E-state index contributed by atoms with van der Waals surface area (Å²) in [6.45, 7) is 6.50. The minimum atomic E-state index is 0.291. The van der Waals surface area contributed by atoms with Gasteiger partial charge in [-0.25, -0.2) is 4.98 Å². The Balaban J connectivity index is 1.83. The molecule has 0 aliphatic carbocycles. The first-order valence-electron chi connectivity index (χ1n) is 6.80. The highest BCUT2D eigenvalue weighted by atomic mass is 32.1. The molecule has 0 aliphatic rings. The molecule has 2 aromatic carbocycles. The summed E-state index contributed by atoms with van der Waals surface area (Å²) in [4.78, 5) is 4.31. The van der Waals surface area contributed by atoms with E-state index in [2.05, 4.69) is 67.5 Å². The average Bonchev–Trinajstić information content (AvgIpc) is 2.89. The minimum absolute atomic E-state index is 0.291. The molecule has 0 amide bonds. The smallest absolute Gasteiger partial charge is 0.0813 e. The van der Waals surface area contributed by atoms with Gasteiger partial charge in [0.15, 0.2) is 0 Å². The van der Waals surface area contributed by atoms with Crippen molar-refractivity contribution in [1.29, 1.82) is 0 Å². The lowest BCUT2D eigenvalue weighted by atomic mass is 10.0. The molecular formula is C17H18N2S. The van der Waals surface area contributed by atoms with Crippen LogP contribution >= 0.6 is 11.3 Å². The highest BCUT2D eigenvalue weighted by Crippen LogP contribution is 2.25. The normalized spacial score (nSPS) is 12.6. The maximum atomic E-state index is 4.31. The molecule has 1 heterocycles. The molecule has 0 spiro atoms. The van der Waals surface area contributed by atoms with Gasteiger partial charge >= 0.3 is 0 Å². The van der Waals surface area contributed by atoms with Crippen LogP contribution in [0.2, 0.25) is 0 Å². The van der Waals surface area contributed by atoms with Crippen molar-refractivity contribution < 1.29 is 0 Å². The van der Waals surface area contributed by atoms with Gasteiger partial charge in [0.2, 0.25) is 0 Å². The number of nitrogens with zero attached hydrogens (tertiary/aromatic N) is 1. The highest BCUT2D eigenvalue weighted by Gasteiger charge is 2.07. The molecule has 1 atom stereocenters. The third kappa shape index (κ3) is 2.54. The Kier molecular flexibility index (Phi) is 3.45. The summed E-state index contributed by atoms with van der Waals surface area (Å²) in [6.07, 6.45) is 0. The van der Waals surface area contributed by atoms with Gasteiger partial charge in [-0.15, -0.1) is 11.3 Å². The lowest BCUT2D eigenvalue weighted by molar-refractivity contribution is 0.882. The van der Waals surface area contributed by atoms with E-state index in [9.17, 15) is 0 Å². The van der Waals surface area contributed by atoms with Gasteiger partial charge in [-0.2, -0.15) is 0 Å². The monoisotopic (exact) mass is 282 g/mol. The third-order valence-corrected chi connectivity index (χ3v) is 4.54. The molecule has 1 aromatic heterocycles. The number of aryl methyl sites for hydroxylation is 2. The van der Waals surface area contributed by atoms with Crippen LogP contribution in [0.25, 0.3) is 10.2 Å². The second-order valence-corrected chi connectivity index (χ2v) is 6.13. The van der Waals surface area contributed by atoms with E-state index < -0.39 is 0 Å². The van der Waals surface area contributed by atoms with Crippen molar-refractivity contribution in [3.8, 4) is 0 Å². The number of benzene rings is 2. The molecule has 0 fully saturated rings. The first-order chi connectivity index (χ1) is 9.63. The number of nitrogens with one attached hydrogen (secondary N) is 1. The van der Waals surface area contributed by atoms with Gasteiger partial charge in [-0.05, 0) is 55.7 Å². The van der Waals surface area contributed by atoms with E-state index in [1.54, 1.807) is 11.3 Å². The van der Waals surface area contributed by atoms with Crippen molar-refractivity contribution in [2.75, 3.05) is 5.32 Å². The SMILES string of the molecule is Cc1ccc(C(C)Nc2ccc3ncsc3c2)cc1C. The Morgan fingerprint density at radius 2 is 1.90 bits per heavy atom. The van der Waals surface area contributed by atoms with E-state index in [4.69, 9.17) is 0 Å². The second-order valence-electron chi connectivity index (χ2n) is 5.24. The standard InChI is InChI=1S/C17H18N2S/c1-11-4-5-14(8-12(11)2)13(3)19-15-6-7-16-17(9-15)20-10-18-16/h4-10,13,19H,1-3H3. The van der Waals surface area contributed by atoms with Crippen LogP contribution in [0.1, 0.15) is 29.7 Å². The van der Waals surface area contributed by atoms with Gasteiger partial charge in [-0.1, -0.05) is 18.2 Å². The van der Waals surface area contributed by atoms with Crippen molar-refractivity contribution in [3.05, 3.63) is 58.6 Å². The summed E-state index contributed by atoms with van der Waals surface area (Å²) in [6, 6.07) is 13.3. The Bertz CT molecular complexity index is 746. The molecule has 3 heteroatoms. The van der Waals surface area contributed by atoms with Crippen LogP contribution < -0.4 is 5.32 Å². The van der Waals surface area contributed by atoms with Crippen molar-refractivity contribution in [1.82, 2.24) is 4.98 Å². The number of aromatic nitrogens is 1. The van der Waals surface area contributed by atoms with Gasteiger partial charge in [-0.3, -0.25) is 0 Å². The molecule has 102 valence electrons. The molecule has 0 radical (unpaired) electrons. The van der Waals surface area contributed by atoms with Crippen LogP contribution in [0, 0.1) is 13.8 Å². The summed E-state index contributed by atoms with van der Waals surface area (Å²) in [5.74, 6) is 0. The fourth-order valence-electron chi connectivity index (χ4n) is 2.31. The van der Waals surface area contributed by atoms with E-state index in [1.165, 1.54) is 21.4 Å². The fourth-order valence-corrected chi connectivity index (χ4v) is 3.03. The first kappa shape index (κ1) is 13.1. The zero-order valence-electron chi connectivity index (χ0n) is 12.0. The Labute approximate surface area is 123 Å². The fraction of sp³-hybridized carbons (Fsp3) is 0.235. The van der Waals surface area contributed by atoms with E-state index in [1.807, 2.05) is 5.51 Å². The molecule has 0 saturated heterocycles. The lowest BCUT2D eigenvalue weighted by Crippen LogP contribution is -2.06. The van der Waals surface area contributed by atoms with Crippen LogP contribution in [0.4, 0.5) is 5.69 Å². The molecule has 0 bridgehead atoms. The Morgan fingerprint density at radius 3 is 2.70 bits per heavy atom. The van der Waals surface area contributed by atoms with Crippen LogP contribution in [0.5, 0.6) is 0 Å². The molecule has 3 rings (SSSR count). The van der Waals surface area contributed by atoms with E-state index in [-0.39, 0.29) is 0 Å². The van der Waals surface area contributed by atoms with Crippen molar-refractivity contribution in [3.63, 3.8) is 0 Å². The van der Waals surface area contributed by atoms with Crippen molar-refractivity contribution >= 4 is 27.2 Å². The topological polar surface area (TPSA) is 24.9 Å². The molecule has 3 aromatic rings. The van der Waals surface area contributed by atoms with Gasteiger partial charge in [0.25, 0.3) is 0 Å². The Hall–Kier alpha value is -1.87. The van der Waals surface area contributed by atoms with Crippen LogP contribution in [-0.2, 0) is 0 Å². The van der Waals surface area contributed by atoms with E-state index >= 15 is 0 Å². The molecule has 1 N–H and O–H groups in total. The highest BCUT2D eigenvalue weighted by molar-refractivity contribution is 7.16. The summed E-state index contributed by atoms with van der Waals surface area (Å²) in [7, 11) is 0. The van der Waals surface area contributed by atoms with Gasteiger partial charge in [0.05, 0.1) is 15.7 Å². The van der Waals surface area contributed by atoms with E-state index in [0.29, 0.717) is 6.04 Å². The summed E-state index contributed by atoms with van der Waals surface area (Å²) in [5, 5.41) is 3.57. The van der Waals surface area contributed by atoms with Crippen LogP contribution in [0.15, 0.2) is 41.9 Å². The number of hydrogen-bond acceptors (Lipinski definition) is 3. The molecule has 20 heavy (non-hydrogen) atoms. The van der Waals surface area contributed by atoms with Crippen LogP contribution in [-0.4, -0.2) is 4.98 Å². The van der Waals surface area contributed by atoms with Crippen LogP contribution in [0.3, 0.4) is 0 Å². The maximum Gasteiger partial charge on any atom is 0.0813 e. The zero-order valence-corrected chi connectivity index (χ0v) is 12.8. The minimum Gasteiger partial charge on any atom is -0.378 e. The Morgan fingerprint density at radius 1 is 1.05 bits per heavy atom. The average molecular weight is 282 g/mol. The lowest BCUT2D eigenvalue weighted by Gasteiger charge is -2.17. The number of hydrogen-bond donors (Lipinski definition) is 1. The number of fused-ring (bicyclic) bond motifs is 1. The van der Waals surface area contributed by atoms with Gasteiger partial charge in [0.1, 0.15) is 0 Å². The van der Waals surface area contributed by atoms with Gasteiger partial charge < -0.3 is 5.32 Å². The summed E-state index contributed by atoms with van der Waals surface area (Å²) in [5.41, 5.74) is 8.10. The zero-order chi connectivity index (χ0) is 14.1. The predicted octanol–water partition coefficient (Wildman–Crippen LogP) is 5.09. The maximum absolute atomic E-state index is 4.31. The predicted molar refractivity (Wildman–Crippen MR) is 87.6 cm³/mol. The summed E-state index contributed by atoms with van der Waals surface area (Å²) >= 11 is 1.68. The van der Waals surface area contributed by atoms with Gasteiger partial charge in [0, 0.05) is 11.7 Å². The molecule has 1 unspecified atom stereocenters. The third-order valence-electron chi connectivity index (χ3n) is 3.75. The molecule has 0 aliphatic heterocycles. The van der Waals surface area contributed by atoms with Crippen molar-refractivity contribution in [2.24, 2.45) is 0 Å². The number of rotatable bonds is 3.